The van der Waals surface area contributed by atoms with Crippen LogP contribution in [0.1, 0.15) is 46.2 Å². The van der Waals surface area contributed by atoms with E-state index in [-0.39, 0.29) is 17.4 Å². The standard InChI is InChI=1S/C23H26N4O3/c1-15-20(8-9-29-15)21(28)25-19-10-18-13-27(12-17-6-4-3-5-7-17)14-23(18,11-19)22-24-16(2)26-30-22/h3-9,18-19H,10-14H2,1-2H3,(H,25,28)/t18-,19+,23-/m0/s1. The van der Waals surface area contributed by atoms with E-state index in [0.29, 0.717) is 29.0 Å². The Hall–Kier alpha value is -2.93. The first-order valence-electron chi connectivity index (χ1n) is 10.5. The molecule has 0 spiro atoms. The number of furan rings is 1. The molecule has 0 radical (unpaired) electrons. The molecular formula is C23H26N4O3. The van der Waals surface area contributed by atoms with Crippen molar-refractivity contribution in [2.45, 2.75) is 44.7 Å². The van der Waals surface area contributed by atoms with Crippen molar-refractivity contribution in [3.05, 3.63) is 71.3 Å². The molecule has 3 heterocycles. The number of carbonyl (C=O) groups is 1. The Balaban J connectivity index is 1.36. The number of aromatic nitrogens is 2. The average molecular weight is 406 g/mol. The highest BCUT2D eigenvalue weighted by molar-refractivity contribution is 5.95. The third kappa shape index (κ3) is 3.33. The van der Waals surface area contributed by atoms with Crippen molar-refractivity contribution < 1.29 is 13.7 Å². The highest BCUT2D eigenvalue weighted by atomic mass is 16.5. The van der Waals surface area contributed by atoms with Gasteiger partial charge in [0.2, 0.25) is 5.89 Å². The minimum Gasteiger partial charge on any atom is -0.469 e. The van der Waals surface area contributed by atoms with E-state index < -0.39 is 0 Å². The number of amides is 1. The van der Waals surface area contributed by atoms with Crippen LogP contribution in [0.25, 0.3) is 0 Å². The van der Waals surface area contributed by atoms with Gasteiger partial charge >= 0.3 is 0 Å². The molecule has 1 aromatic carbocycles. The van der Waals surface area contributed by atoms with E-state index in [1.54, 1.807) is 12.3 Å². The van der Waals surface area contributed by atoms with Crippen molar-refractivity contribution in [1.29, 1.82) is 0 Å². The first kappa shape index (κ1) is 19.1. The van der Waals surface area contributed by atoms with Crippen molar-refractivity contribution >= 4 is 5.91 Å². The molecule has 30 heavy (non-hydrogen) atoms. The van der Waals surface area contributed by atoms with E-state index in [2.05, 4.69) is 44.6 Å². The van der Waals surface area contributed by atoms with Gasteiger partial charge in [-0.3, -0.25) is 9.69 Å². The molecule has 2 aromatic heterocycles. The maximum atomic E-state index is 12.7. The molecule has 1 aliphatic carbocycles. The molecule has 7 nitrogen and oxygen atoms in total. The molecule has 0 unspecified atom stereocenters. The highest BCUT2D eigenvalue weighted by Crippen LogP contribution is 2.50. The van der Waals surface area contributed by atoms with Crippen LogP contribution in [0, 0.1) is 19.8 Å². The maximum absolute atomic E-state index is 12.7. The second-order valence-corrected chi connectivity index (χ2v) is 8.66. The number of hydrogen-bond donors (Lipinski definition) is 1. The zero-order valence-corrected chi connectivity index (χ0v) is 17.3. The number of rotatable bonds is 5. The third-order valence-electron chi connectivity index (χ3n) is 6.59. The van der Waals surface area contributed by atoms with Crippen LogP contribution in [0.15, 0.2) is 51.6 Å². The fourth-order valence-electron chi connectivity index (χ4n) is 5.26. The normalized spacial score (nSPS) is 26.1. The zero-order valence-electron chi connectivity index (χ0n) is 17.3. The minimum absolute atomic E-state index is 0.0721. The molecule has 3 aromatic rings. The maximum Gasteiger partial charge on any atom is 0.255 e. The monoisotopic (exact) mass is 406 g/mol. The van der Waals surface area contributed by atoms with Crippen LogP contribution < -0.4 is 5.32 Å². The van der Waals surface area contributed by atoms with Crippen LogP contribution in [0.3, 0.4) is 0 Å². The molecule has 2 fully saturated rings. The molecule has 7 heteroatoms. The third-order valence-corrected chi connectivity index (χ3v) is 6.59. The second-order valence-electron chi connectivity index (χ2n) is 8.66. The summed E-state index contributed by atoms with van der Waals surface area (Å²) in [5, 5.41) is 7.27. The first-order valence-corrected chi connectivity index (χ1v) is 10.5. The number of likely N-dealkylation sites (tertiary alicyclic amines) is 1. The summed E-state index contributed by atoms with van der Waals surface area (Å²) in [5.41, 5.74) is 1.68. The van der Waals surface area contributed by atoms with Crippen LogP contribution in [0.2, 0.25) is 0 Å². The number of nitrogens with one attached hydrogen (secondary N) is 1. The molecule has 0 bridgehead atoms. The lowest BCUT2D eigenvalue weighted by molar-refractivity contribution is 0.0932. The van der Waals surface area contributed by atoms with Crippen molar-refractivity contribution in [3.8, 4) is 0 Å². The summed E-state index contributed by atoms with van der Waals surface area (Å²) in [6, 6.07) is 12.3. The quantitative estimate of drug-likeness (QED) is 0.700. The number of hydrogen-bond acceptors (Lipinski definition) is 6. The van der Waals surface area contributed by atoms with Gasteiger partial charge in [-0.1, -0.05) is 35.5 Å². The van der Waals surface area contributed by atoms with Crippen molar-refractivity contribution in [3.63, 3.8) is 0 Å². The molecule has 1 N–H and O–H groups in total. The Morgan fingerprint density at radius 2 is 2.10 bits per heavy atom. The van der Waals surface area contributed by atoms with Gasteiger partial charge in [0, 0.05) is 25.7 Å². The van der Waals surface area contributed by atoms with Crippen molar-refractivity contribution in [1.82, 2.24) is 20.4 Å². The minimum atomic E-state index is -0.223. The summed E-state index contributed by atoms with van der Waals surface area (Å²) in [6.07, 6.45) is 3.25. The summed E-state index contributed by atoms with van der Waals surface area (Å²) in [6.45, 7) is 6.36. The summed E-state index contributed by atoms with van der Waals surface area (Å²) < 4.78 is 11.0. The lowest BCUT2D eigenvalue weighted by Gasteiger charge is -2.25. The van der Waals surface area contributed by atoms with E-state index >= 15 is 0 Å². The van der Waals surface area contributed by atoms with Crippen LogP contribution in [-0.4, -0.2) is 40.1 Å². The number of benzene rings is 1. The fourth-order valence-corrected chi connectivity index (χ4v) is 5.26. The van der Waals surface area contributed by atoms with Crippen LogP contribution in [-0.2, 0) is 12.0 Å². The Morgan fingerprint density at radius 3 is 2.80 bits per heavy atom. The SMILES string of the molecule is Cc1noc([C@]23C[C@H](NC(=O)c4ccoc4C)C[C@H]2CN(Cc2ccccc2)C3)n1. The van der Waals surface area contributed by atoms with Gasteiger partial charge in [-0.15, -0.1) is 0 Å². The molecule has 1 aliphatic heterocycles. The molecule has 156 valence electrons. The number of nitrogens with zero attached hydrogens (tertiary/aromatic N) is 3. The molecular weight excluding hydrogens is 380 g/mol. The molecule has 5 rings (SSSR count). The number of aryl methyl sites for hydroxylation is 2. The van der Waals surface area contributed by atoms with E-state index in [4.69, 9.17) is 8.94 Å². The van der Waals surface area contributed by atoms with Gasteiger partial charge in [-0.2, -0.15) is 4.98 Å². The van der Waals surface area contributed by atoms with Crippen molar-refractivity contribution in [2.75, 3.05) is 13.1 Å². The lowest BCUT2D eigenvalue weighted by Crippen LogP contribution is -2.38. The van der Waals surface area contributed by atoms with Gasteiger partial charge in [0.15, 0.2) is 5.82 Å². The Labute approximate surface area is 175 Å². The molecule has 1 amide bonds. The largest absolute Gasteiger partial charge is 0.469 e. The van der Waals surface area contributed by atoms with Gasteiger partial charge in [0.1, 0.15) is 5.76 Å². The van der Waals surface area contributed by atoms with Crippen molar-refractivity contribution in [2.24, 2.45) is 5.92 Å². The predicted octanol–water partition coefficient (Wildman–Crippen LogP) is 3.24. The second kappa shape index (κ2) is 7.40. The lowest BCUT2D eigenvalue weighted by atomic mass is 9.80. The van der Waals surface area contributed by atoms with Crippen LogP contribution in [0.4, 0.5) is 0 Å². The molecule has 1 saturated heterocycles. The highest BCUT2D eigenvalue weighted by Gasteiger charge is 2.57. The zero-order chi connectivity index (χ0) is 20.7. The first-order chi connectivity index (χ1) is 14.5. The summed E-state index contributed by atoms with van der Waals surface area (Å²) in [7, 11) is 0. The Morgan fingerprint density at radius 1 is 1.27 bits per heavy atom. The topological polar surface area (TPSA) is 84.4 Å². The Kier molecular flexibility index (Phi) is 4.70. The molecule has 3 atom stereocenters. The van der Waals surface area contributed by atoms with E-state index in [1.165, 1.54) is 5.56 Å². The smallest absolute Gasteiger partial charge is 0.255 e. The van der Waals surface area contributed by atoms with Gasteiger partial charge in [0.25, 0.3) is 5.91 Å². The summed E-state index contributed by atoms with van der Waals surface area (Å²) >= 11 is 0. The van der Waals surface area contributed by atoms with Gasteiger partial charge in [0.05, 0.1) is 17.2 Å². The Bertz CT molecular complexity index is 1040. The summed E-state index contributed by atoms with van der Waals surface area (Å²) in [5.74, 6) is 2.28. The molecule has 2 aliphatic rings. The van der Waals surface area contributed by atoms with Gasteiger partial charge in [-0.25, -0.2) is 0 Å². The van der Waals surface area contributed by atoms with Gasteiger partial charge < -0.3 is 14.3 Å². The van der Waals surface area contributed by atoms with Gasteiger partial charge in [-0.05, 0) is 44.2 Å². The van der Waals surface area contributed by atoms with E-state index in [0.717, 1.165) is 32.5 Å². The molecule has 1 saturated carbocycles. The van der Waals surface area contributed by atoms with E-state index in [1.807, 2.05) is 19.9 Å². The van der Waals surface area contributed by atoms with E-state index in [9.17, 15) is 4.79 Å². The summed E-state index contributed by atoms with van der Waals surface area (Å²) in [4.78, 5) is 19.8. The fraction of sp³-hybridized carbons (Fsp3) is 0.435. The predicted molar refractivity (Wildman–Crippen MR) is 110 cm³/mol. The number of carbonyl (C=O) groups excluding carboxylic acids is 1. The van der Waals surface area contributed by atoms with Crippen LogP contribution >= 0.6 is 0 Å². The van der Waals surface area contributed by atoms with Crippen LogP contribution in [0.5, 0.6) is 0 Å². The number of fused-ring (bicyclic) bond motifs is 1. The average Bonchev–Trinajstić information content (AvgIpc) is 3.46.